The van der Waals surface area contributed by atoms with Gasteiger partial charge in [0.05, 0.1) is 12.6 Å². The average Bonchev–Trinajstić information content (AvgIpc) is 2.62. The maximum absolute atomic E-state index is 11.7. The second-order valence-electron chi connectivity index (χ2n) is 3.94. The standard InChI is InChI=1S/C10H19NO3/c1-3-8(7-12)11-9(13)10(2)5-4-6-14-10/h8,12H,3-7H2,1-2H3,(H,11,13)/t8-,10?/m1/s1. The molecule has 4 nitrogen and oxygen atoms in total. The SMILES string of the molecule is CC[C@H](CO)NC(=O)C1(C)CCCO1. The Morgan fingerprint density at radius 3 is 2.86 bits per heavy atom. The summed E-state index contributed by atoms with van der Waals surface area (Å²) in [5.41, 5.74) is -0.678. The van der Waals surface area contributed by atoms with Crippen LogP contribution in [-0.4, -0.2) is 35.9 Å². The minimum atomic E-state index is -0.678. The molecule has 0 saturated carbocycles. The summed E-state index contributed by atoms with van der Waals surface area (Å²) in [6.45, 7) is 4.37. The fraction of sp³-hybridized carbons (Fsp3) is 0.900. The van der Waals surface area contributed by atoms with Crippen molar-refractivity contribution in [1.29, 1.82) is 0 Å². The van der Waals surface area contributed by atoms with Gasteiger partial charge < -0.3 is 15.2 Å². The maximum Gasteiger partial charge on any atom is 0.252 e. The number of ether oxygens (including phenoxy) is 1. The number of carbonyl (C=O) groups excluding carboxylic acids is 1. The van der Waals surface area contributed by atoms with Gasteiger partial charge in [0, 0.05) is 6.61 Å². The summed E-state index contributed by atoms with van der Waals surface area (Å²) in [5, 5.41) is 11.7. The summed E-state index contributed by atoms with van der Waals surface area (Å²) < 4.78 is 5.40. The topological polar surface area (TPSA) is 58.6 Å². The molecule has 1 aliphatic heterocycles. The van der Waals surface area contributed by atoms with Crippen molar-refractivity contribution in [2.45, 2.75) is 44.8 Å². The number of rotatable bonds is 4. The molecule has 2 N–H and O–H groups in total. The highest BCUT2D eigenvalue weighted by molar-refractivity contribution is 5.85. The molecule has 1 unspecified atom stereocenters. The van der Waals surface area contributed by atoms with Crippen molar-refractivity contribution in [3.8, 4) is 0 Å². The Kier molecular flexibility index (Phi) is 3.89. The van der Waals surface area contributed by atoms with E-state index in [4.69, 9.17) is 9.84 Å². The molecule has 0 spiro atoms. The van der Waals surface area contributed by atoms with Crippen LogP contribution in [0.4, 0.5) is 0 Å². The first-order valence-electron chi connectivity index (χ1n) is 5.18. The van der Waals surface area contributed by atoms with Gasteiger partial charge in [-0.25, -0.2) is 0 Å². The molecule has 0 aromatic heterocycles. The third-order valence-electron chi connectivity index (χ3n) is 2.75. The molecule has 1 amide bonds. The van der Waals surface area contributed by atoms with Crippen molar-refractivity contribution in [2.75, 3.05) is 13.2 Å². The van der Waals surface area contributed by atoms with Gasteiger partial charge in [0.25, 0.3) is 5.91 Å². The summed E-state index contributed by atoms with van der Waals surface area (Å²) in [4.78, 5) is 11.7. The highest BCUT2D eigenvalue weighted by atomic mass is 16.5. The number of amides is 1. The summed E-state index contributed by atoms with van der Waals surface area (Å²) in [6, 6.07) is -0.150. The molecule has 1 fully saturated rings. The molecule has 0 aromatic rings. The lowest BCUT2D eigenvalue weighted by molar-refractivity contribution is -0.140. The van der Waals surface area contributed by atoms with E-state index < -0.39 is 5.60 Å². The number of aliphatic hydroxyl groups excluding tert-OH is 1. The molecule has 0 radical (unpaired) electrons. The third kappa shape index (κ3) is 2.45. The number of nitrogens with one attached hydrogen (secondary N) is 1. The Balaban J connectivity index is 2.48. The van der Waals surface area contributed by atoms with Gasteiger partial charge >= 0.3 is 0 Å². The van der Waals surface area contributed by atoms with E-state index in [1.165, 1.54) is 0 Å². The Morgan fingerprint density at radius 2 is 2.43 bits per heavy atom. The third-order valence-corrected chi connectivity index (χ3v) is 2.75. The zero-order valence-electron chi connectivity index (χ0n) is 8.88. The lowest BCUT2D eigenvalue weighted by atomic mass is 10.0. The van der Waals surface area contributed by atoms with E-state index in [1.807, 2.05) is 6.92 Å². The van der Waals surface area contributed by atoms with Crippen LogP contribution >= 0.6 is 0 Å². The lowest BCUT2D eigenvalue weighted by Crippen LogP contribution is -2.49. The van der Waals surface area contributed by atoms with Crippen LogP contribution in [0.1, 0.15) is 33.1 Å². The first kappa shape index (κ1) is 11.5. The molecule has 82 valence electrons. The lowest BCUT2D eigenvalue weighted by Gasteiger charge is -2.24. The van der Waals surface area contributed by atoms with E-state index in [-0.39, 0.29) is 18.6 Å². The van der Waals surface area contributed by atoms with Crippen LogP contribution in [0.3, 0.4) is 0 Å². The van der Waals surface area contributed by atoms with E-state index in [0.29, 0.717) is 6.61 Å². The number of hydrogen-bond acceptors (Lipinski definition) is 3. The van der Waals surface area contributed by atoms with Gasteiger partial charge in [-0.2, -0.15) is 0 Å². The molecule has 2 atom stereocenters. The van der Waals surface area contributed by atoms with Gasteiger partial charge in [-0.3, -0.25) is 4.79 Å². The Morgan fingerprint density at radius 1 is 1.71 bits per heavy atom. The van der Waals surface area contributed by atoms with Crippen molar-refractivity contribution in [2.24, 2.45) is 0 Å². The molecule has 1 aliphatic rings. The second-order valence-corrected chi connectivity index (χ2v) is 3.94. The molecular formula is C10H19NO3. The number of carbonyl (C=O) groups is 1. The van der Waals surface area contributed by atoms with Gasteiger partial charge in [-0.1, -0.05) is 6.92 Å². The molecule has 0 aromatic carbocycles. The van der Waals surface area contributed by atoms with Crippen molar-refractivity contribution in [3.05, 3.63) is 0 Å². The van der Waals surface area contributed by atoms with Crippen LogP contribution in [0, 0.1) is 0 Å². The fourth-order valence-electron chi connectivity index (χ4n) is 1.57. The highest BCUT2D eigenvalue weighted by Gasteiger charge is 2.38. The van der Waals surface area contributed by atoms with Crippen LogP contribution in [0.25, 0.3) is 0 Å². The molecule has 0 aliphatic carbocycles. The minimum absolute atomic E-state index is 0.0156. The Hall–Kier alpha value is -0.610. The summed E-state index contributed by atoms with van der Waals surface area (Å²) in [5.74, 6) is -0.101. The van der Waals surface area contributed by atoms with Crippen LogP contribution in [0.15, 0.2) is 0 Å². The Bertz CT molecular complexity index is 196. The minimum Gasteiger partial charge on any atom is -0.394 e. The average molecular weight is 201 g/mol. The Labute approximate surface area is 84.6 Å². The van der Waals surface area contributed by atoms with Crippen LogP contribution in [-0.2, 0) is 9.53 Å². The van der Waals surface area contributed by atoms with E-state index in [2.05, 4.69) is 5.32 Å². The molecule has 0 bridgehead atoms. The molecular weight excluding hydrogens is 182 g/mol. The predicted octanol–water partition coefficient (Wildman–Crippen LogP) is 0.443. The largest absolute Gasteiger partial charge is 0.394 e. The van der Waals surface area contributed by atoms with Crippen molar-refractivity contribution >= 4 is 5.91 Å². The zero-order valence-corrected chi connectivity index (χ0v) is 8.88. The molecule has 1 rings (SSSR count). The second kappa shape index (κ2) is 4.75. The zero-order chi connectivity index (χ0) is 10.6. The van der Waals surface area contributed by atoms with E-state index in [9.17, 15) is 4.79 Å². The quantitative estimate of drug-likeness (QED) is 0.694. The van der Waals surface area contributed by atoms with Crippen molar-refractivity contribution in [1.82, 2.24) is 5.32 Å². The highest BCUT2D eigenvalue weighted by Crippen LogP contribution is 2.25. The monoisotopic (exact) mass is 201 g/mol. The molecule has 14 heavy (non-hydrogen) atoms. The van der Waals surface area contributed by atoms with Crippen molar-refractivity contribution in [3.63, 3.8) is 0 Å². The molecule has 1 heterocycles. The molecule has 4 heteroatoms. The van der Waals surface area contributed by atoms with E-state index >= 15 is 0 Å². The van der Waals surface area contributed by atoms with Gasteiger partial charge in [0.15, 0.2) is 0 Å². The van der Waals surface area contributed by atoms with Gasteiger partial charge in [-0.05, 0) is 26.2 Å². The first-order valence-corrected chi connectivity index (χ1v) is 5.18. The van der Waals surface area contributed by atoms with E-state index in [0.717, 1.165) is 19.3 Å². The van der Waals surface area contributed by atoms with Crippen molar-refractivity contribution < 1.29 is 14.6 Å². The number of aliphatic hydroxyl groups is 1. The van der Waals surface area contributed by atoms with Crippen LogP contribution in [0.5, 0.6) is 0 Å². The van der Waals surface area contributed by atoms with Gasteiger partial charge in [0.2, 0.25) is 0 Å². The van der Waals surface area contributed by atoms with Gasteiger partial charge in [0.1, 0.15) is 5.60 Å². The van der Waals surface area contributed by atoms with Crippen LogP contribution < -0.4 is 5.32 Å². The smallest absolute Gasteiger partial charge is 0.252 e. The fourth-order valence-corrected chi connectivity index (χ4v) is 1.57. The summed E-state index contributed by atoms with van der Waals surface area (Å²) in [7, 11) is 0. The first-order chi connectivity index (χ1) is 6.62. The number of hydrogen-bond donors (Lipinski definition) is 2. The predicted molar refractivity (Wildman–Crippen MR) is 52.9 cm³/mol. The normalized spacial score (nSPS) is 28.8. The van der Waals surface area contributed by atoms with Gasteiger partial charge in [-0.15, -0.1) is 0 Å². The summed E-state index contributed by atoms with van der Waals surface area (Å²) >= 11 is 0. The maximum atomic E-state index is 11.7. The molecule has 1 saturated heterocycles. The van der Waals surface area contributed by atoms with Crippen LogP contribution in [0.2, 0.25) is 0 Å². The summed E-state index contributed by atoms with van der Waals surface area (Å²) in [6.07, 6.45) is 2.43. The van der Waals surface area contributed by atoms with E-state index in [1.54, 1.807) is 6.92 Å².